The van der Waals surface area contributed by atoms with Crippen molar-refractivity contribution in [2.45, 2.75) is 0 Å². The molecule has 0 radical (unpaired) electrons. The summed E-state index contributed by atoms with van der Waals surface area (Å²) in [4.78, 5) is 28.2. The molecule has 76 valence electrons. The zero-order valence-corrected chi connectivity index (χ0v) is 7.52. The first-order valence-corrected chi connectivity index (χ1v) is 4.13. The second kappa shape index (κ2) is 3.74. The van der Waals surface area contributed by atoms with Gasteiger partial charge in [0.2, 0.25) is 5.82 Å². The largest absolute Gasteiger partial charge is 0.341 e. The van der Waals surface area contributed by atoms with E-state index in [9.17, 15) is 9.59 Å². The molecule has 1 amide bonds. The number of amides is 1. The highest BCUT2D eigenvalue weighted by molar-refractivity contribution is 6.00. The van der Waals surface area contributed by atoms with E-state index >= 15 is 0 Å². The van der Waals surface area contributed by atoms with Crippen LogP contribution in [-0.2, 0) is 0 Å². The fraction of sp³-hybridized carbons (Fsp3) is 0. The maximum Gasteiger partial charge on any atom is 0.341 e. The molecule has 2 aromatic rings. The van der Waals surface area contributed by atoms with Crippen LogP contribution in [0.25, 0.3) is 0 Å². The second-order valence-electron chi connectivity index (χ2n) is 2.70. The summed E-state index contributed by atoms with van der Waals surface area (Å²) in [5, 5.41) is 8.04. The first kappa shape index (κ1) is 9.13. The van der Waals surface area contributed by atoms with Crippen molar-refractivity contribution in [1.82, 2.24) is 20.2 Å². The average molecular weight is 205 g/mol. The second-order valence-corrected chi connectivity index (χ2v) is 2.70. The van der Waals surface area contributed by atoms with Crippen LogP contribution in [0.15, 0.2) is 29.2 Å². The van der Waals surface area contributed by atoms with E-state index in [2.05, 4.69) is 25.5 Å². The van der Waals surface area contributed by atoms with Crippen LogP contribution in [-0.4, -0.2) is 26.1 Å². The smallest absolute Gasteiger partial charge is 0.304 e. The number of nitrogens with zero attached hydrogens (tertiary/aromatic N) is 2. The quantitative estimate of drug-likeness (QED) is 0.628. The zero-order valence-electron chi connectivity index (χ0n) is 7.52. The minimum Gasteiger partial charge on any atom is -0.304 e. The number of hydrogen-bond donors (Lipinski definition) is 3. The fourth-order valence-electron chi connectivity index (χ4n) is 0.990. The molecule has 2 aromatic heterocycles. The van der Waals surface area contributed by atoms with Crippen molar-refractivity contribution >= 4 is 11.7 Å². The van der Waals surface area contributed by atoms with E-state index in [0.717, 1.165) is 0 Å². The molecular formula is C8H7N5O2. The number of aromatic nitrogens is 4. The van der Waals surface area contributed by atoms with Crippen LogP contribution in [0.5, 0.6) is 0 Å². The van der Waals surface area contributed by atoms with Gasteiger partial charge in [-0.15, -0.1) is 5.10 Å². The Balaban J connectivity index is 2.14. The van der Waals surface area contributed by atoms with Gasteiger partial charge >= 0.3 is 5.69 Å². The van der Waals surface area contributed by atoms with Crippen LogP contribution in [0, 0.1) is 0 Å². The molecule has 0 aliphatic rings. The maximum absolute atomic E-state index is 11.4. The highest BCUT2D eigenvalue weighted by Crippen LogP contribution is 2.00. The Morgan fingerprint density at radius 1 is 1.40 bits per heavy atom. The van der Waals surface area contributed by atoms with Gasteiger partial charge in [0.1, 0.15) is 5.82 Å². The van der Waals surface area contributed by atoms with Crippen molar-refractivity contribution in [1.29, 1.82) is 0 Å². The van der Waals surface area contributed by atoms with Gasteiger partial charge in [0, 0.05) is 6.20 Å². The summed E-state index contributed by atoms with van der Waals surface area (Å²) < 4.78 is 0. The molecule has 0 aliphatic carbocycles. The van der Waals surface area contributed by atoms with Crippen LogP contribution < -0.4 is 11.0 Å². The molecule has 0 saturated carbocycles. The lowest BCUT2D eigenvalue weighted by Gasteiger charge is -1.99. The normalized spacial score (nSPS) is 9.87. The van der Waals surface area contributed by atoms with Gasteiger partial charge in [-0.25, -0.2) is 14.9 Å². The van der Waals surface area contributed by atoms with Crippen molar-refractivity contribution in [3.8, 4) is 0 Å². The van der Waals surface area contributed by atoms with Crippen LogP contribution in [0.4, 0.5) is 5.82 Å². The Morgan fingerprint density at radius 2 is 2.27 bits per heavy atom. The van der Waals surface area contributed by atoms with E-state index in [-0.39, 0.29) is 5.82 Å². The third-order valence-corrected chi connectivity index (χ3v) is 1.62. The van der Waals surface area contributed by atoms with Gasteiger partial charge in [-0.05, 0) is 12.1 Å². The molecule has 0 aromatic carbocycles. The summed E-state index contributed by atoms with van der Waals surface area (Å²) in [6, 6.07) is 5.09. The van der Waals surface area contributed by atoms with E-state index in [1.165, 1.54) is 0 Å². The lowest BCUT2D eigenvalue weighted by Crippen LogP contribution is -2.15. The number of carbonyl (C=O) groups is 1. The molecule has 15 heavy (non-hydrogen) atoms. The number of hydrogen-bond acceptors (Lipinski definition) is 4. The summed E-state index contributed by atoms with van der Waals surface area (Å²) in [5.41, 5.74) is -0.527. The fourth-order valence-corrected chi connectivity index (χ4v) is 0.990. The highest BCUT2D eigenvalue weighted by Gasteiger charge is 2.09. The number of carbonyl (C=O) groups excluding carboxylic acids is 1. The molecule has 0 atom stereocenters. The van der Waals surface area contributed by atoms with Gasteiger partial charge in [-0.1, -0.05) is 6.07 Å². The number of aromatic amines is 2. The first-order chi connectivity index (χ1) is 7.25. The van der Waals surface area contributed by atoms with Gasteiger partial charge in [-0.2, -0.15) is 0 Å². The molecule has 0 fully saturated rings. The van der Waals surface area contributed by atoms with Gasteiger partial charge < -0.3 is 5.32 Å². The predicted octanol–water partition coefficient (Wildman–Crippen LogP) is -0.255. The zero-order chi connectivity index (χ0) is 10.7. The van der Waals surface area contributed by atoms with E-state index in [0.29, 0.717) is 5.82 Å². The van der Waals surface area contributed by atoms with E-state index < -0.39 is 11.6 Å². The van der Waals surface area contributed by atoms with Gasteiger partial charge in [0.15, 0.2) is 0 Å². The molecule has 7 heteroatoms. The monoisotopic (exact) mass is 205 g/mol. The molecule has 3 N–H and O–H groups in total. The Morgan fingerprint density at radius 3 is 2.87 bits per heavy atom. The molecule has 7 nitrogen and oxygen atoms in total. The standard InChI is InChI=1S/C8H7N5O2/c14-7(6-11-8(15)13-12-6)10-5-3-1-2-4-9-5/h1-4H,(H,9,10,14)(H2,11,12,13,15). The van der Waals surface area contributed by atoms with Crippen LogP contribution >= 0.6 is 0 Å². The predicted molar refractivity (Wildman–Crippen MR) is 51.4 cm³/mol. The van der Waals surface area contributed by atoms with Crippen molar-refractivity contribution in [3.05, 3.63) is 40.7 Å². The summed E-state index contributed by atoms with van der Waals surface area (Å²) in [6.07, 6.45) is 1.54. The molecule has 0 saturated heterocycles. The van der Waals surface area contributed by atoms with E-state index in [1.54, 1.807) is 24.4 Å². The van der Waals surface area contributed by atoms with Gasteiger partial charge in [0.05, 0.1) is 0 Å². The molecule has 0 aliphatic heterocycles. The Bertz CT molecular complexity index is 515. The minimum atomic E-state index is -0.527. The van der Waals surface area contributed by atoms with E-state index in [4.69, 9.17) is 0 Å². The minimum absolute atomic E-state index is 0.0781. The number of anilines is 1. The van der Waals surface area contributed by atoms with Crippen molar-refractivity contribution < 1.29 is 4.79 Å². The highest BCUT2D eigenvalue weighted by atomic mass is 16.2. The van der Waals surface area contributed by atoms with Gasteiger partial charge in [-0.3, -0.25) is 9.78 Å². The van der Waals surface area contributed by atoms with Gasteiger partial charge in [0.25, 0.3) is 5.91 Å². The Labute approximate surface area is 83.6 Å². The summed E-state index contributed by atoms with van der Waals surface area (Å²) in [6.45, 7) is 0. The molecular weight excluding hydrogens is 198 g/mol. The molecule has 0 unspecified atom stereocenters. The lowest BCUT2D eigenvalue weighted by atomic mass is 10.4. The molecule has 0 bridgehead atoms. The SMILES string of the molecule is O=C(Nc1ccccn1)c1n[nH]c(=O)[nH]1. The summed E-state index contributed by atoms with van der Waals surface area (Å²) in [7, 11) is 0. The summed E-state index contributed by atoms with van der Waals surface area (Å²) >= 11 is 0. The molecule has 0 spiro atoms. The first-order valence-electron chi connectivity index (χ1n) is 4.13. The Kier molecular flexibility index (Phi) is 2.28. The third-order valence-electron chi connectivity index (χ3n) is 1.62. The summed E-state index contributed by atoms with van der Waals surface area (Å²) in [5.74, 6) is -0.205. The van der Waals surface area contributed by atoms with Crippen molar-refractivity contribution in [3.63, 3.8) is 0 Å². The number of nitrogens with one attached hydrogen (secondary N) is 3. The molecule has 2 rings (SSSR count). The lowest BCUT2D eigenvalue weighted by molar-refractivity contribution is 0.101. The van der Waals surface area contributed by atoms with Crippen molar-refractivity contribution in [2.75, 3.05) is 5.32 Å². The number of rotatable bonds is 2. The average Bonchev–Trinajstić information content (AvgIpc) is 2.66. The van der Waals surface area contributed by atoms with Crippen LogP contribution in [0.2, 0.25) is 0 Å². The topological polar surface area (TPSA) is 104 Å². The van der Waals surface area contributed by atoms with Crippen LogP contribution in [0.3, 0.4) is 0 Å². The van der Waals surface area contributed by atoms with Crippen LogP contribution in [0.1, 0.15) is 10.6 Å². The number of H-pyrrole nitrogens is 2. The number of pyridine rings is 1. The molecule has 2 heterocycles. The van der Waals surface area contributed by atoms with E-state index in [1.807, 2.05) is 0 Å². The maximum atomic E-state index is 11.4. The van der Waals surface area contributed by atoms with Crippen molar-refractivity contribution in [2.24, 2.45) is 0 Å². The third kappa shape index (κ3) is 2.08. The Hall–Kier alpha value is -2.44.